The second-order valence-electron chi connectivity index (χ2n) is 6.73. The Morgan fingerprint density at radius 3 is 2.68 bits per heavy atom. The van der Waals surface area contributed by atoms with E-state index in [4.69, 9.17) is 9.47 Å². The zero-order chi connectivity index (χ0) is 20.5. The number of ether oxygens (including phenoxy) is 2. The average Bonchev–Trinajstić information content (AvgIpc) is 3.09. The first-order valence-corrected chi connectivity index (χ1v) is 9.96. The van der Waals surface area contributed by atoms with Gasteiger partial charge in [0.25, 0.3) is 0 Å². The highest BCUT2D eigenvalue weighted by Gasteiger charge is 2.21. The van der Waals surface area contributed by atoms with E-state index in [0.29, 0.717) is 18.8 Å². The van der Waals surface area contributed by atoms with Gasteiger partial charge in [0, 0.05) is 17.0 Å². The predicted molar refractivity (Wildman–Crippen MR) is 110 cm³/mol. The van der Waals surface area contributed by atoms with Crippen molar-refractivity contribution in [3.05, 3.63) is 52.0 Å². The van der Waals surface area contributed by atoms with Gasteiger partial charge in [0.05, 0.1) is 17.8 Å². The van der Waals surface area contributed by atoms with Crippen LogP contribution in [0.25, 0.3) is 6.08 Å². The normalized spacial score (nSPS) is 12.2. The number of rotatable bonds is 9. The standard InChI is InChI=1S/C21H26N2O4S/c1-14(2)11-18(21(25)26-4)23-20(24)10-9-16-7-5-6-8-19(16)27-12-17-13-28-15(3)22-17/h5-10,13-14,18H,11-12H2,1-4H3,(H,23,24)/b10-9+. The van der Waals surface area contributed by atoms with Crippen LogP contribution in [0.1, 0.15) is 36.5 Å². The molecule has 7 heteroatoms. The van der Waals surface area contributed by atoms with E-state index in [2.05, 4.69) is 10.3 Å². The molecule has 1 N–H and O–H groups in total. The molecule has 1 aromatic heterocycles. The first-order chi connectivity index (χ1) is 13.4. The number of amides is 1. The lowest BCUT2D eigenvalue weighted by atomic mass is 10.0. The number of hydrogen-bond acceptors (Lipinski definition) is 6. The molecule has 0 saturated carbocycles. The number of methoxy groups -OCH3 is 1. The Labute approximate surface area is 169 Å². The molecule has 0 fully saturated rings. The number of benzene rings is 1. The third kappa shape index (κ3) is 6.81. The van der Waals surface area contributed by atoms with Gasteiger partial charge in [-0.25, -0.2) is 9.78 Å². The number of para-hydroxylation sites is 1. The minimum Gasteiger partial charge on any atom is -0.487 e. The van der Waals surface area contributed by atoms with E-state index in [1.807, 2.05) is 50.4 Å². The van der Waals surface area contributed by atoms with E-state index in [9.17, 15) is 9.59 Å². The number of hydrogen-bond donors (Lipinski definition) is 1. The molecule has 1 atom stereocenters. The summed E-state index contributed by atoms with van der Waals surface area (Å²) < 4.78 is 10.6. The summed E-state index contributed by atoms with van der Waals surface area (Å²) in [7, 11) is 1.31. The molecular weight excluding hydrogens is 376 g/mol. The van der Waals surface area contributed by atoms with Crippen LogP contribution in [0.3, 0.4) is 0 Å². The van der Waals surface area contributed by atoms with Crippen LogP contribution in [-0.2, 0) is 20.9 Å². The number of nitrogens with zero attached hydrogens (tertiary/aromatic N) is 1. The highest BCUT2D eigenvalue weighted by atomic mass is 32.1. The maximum Gasteiger partial charge on any atom is 0.328 e. The van der Waals surface area contributed by atoms with E-state index in [1.165, 1.54) is 13.2 Å². The first kappa shape index (κ1) is 21.6. The van der Waals surface area contributed by atoms with Gasteiger partial charge in [0.2, 0.25) is 5.91 Å². The topological polar surface area (TPSA) is 77.5 Å². The fraction of sp³-hybridized carbons (Fsp3) is 0.381. The van der Waals surface area contributed by atoms with Gasteiger partial charge in [-0.15, -0.1) is 11.3 Å². The number of aryl methyl sites for hydroxylation is 1. The lowest BCUT2D eigenvalue weighted by molar-refractivity contribution is -0.145. The van der Waals surface area contributed by atoms with Gasteiger partial charge in [-0.2, -0.15) is 0 Å². The molecule has 1 aromatic carbocycles. The third-order valence-electron chi connectivity index (χ3n) is 3.88. The monoisotopic (exact) mass is 402 g/mol. The molecule has 0 aliphatic rings. The summed E-state index contributed by atoms with van der Waals surface area (Å²) in [5.41, 5.74) is 1.64. The molecule has 2 aromatic rings. The number of aromatic nitrogens is 1. The van der Waals surface area contributed by atoms with Gasteiger partial charge in [-0.1, -0.05) is 32.0 Å². The van der Waals surface area contributed by atoms with E-state index >= 15 is 0 Å². The first-order valence-electron chi connectivity index (χ1n) is 9.08. The minimum atomic E-state index is -0.665. The maximum atomic E-state index is 12.3. The van der Waals surface area contributed by atoms with Gasteiger partial charge < -0.3 is 14.8 Å². The molecule has 6 nitrogen and oxygen atoms in total. The van der Waals surface area contributed by atoms with Gasteiger partial charge in [-0.05, 0) is 31.4 Å². The van der Waals surface area contributed by atoms with Crippen LogP contribution < -0.4 is 10.1 Å². The van der Waals surface area contributed by atoms with Crippen molar-refractivity contribution in [3.8, 4) is 5.75 Å². The van der Waals surface area contributed by atoms with Crippen LogP contribution in [0.15, 0.2) is 35.7 Å². The van der Waals surface area contributed by atoms with Gasteiger partial charge >= 0.3 is 5.97 Å². The highest BCUT2D eigenvalue weighted by molar-refractivity contribution is 7.09. The molecular formula is C21H26N2O4S. The summed E-state index contributed by atoms with van der Waals surface area (Å²) in [6, 6.07) is 6.77. The molecule has 28 heavy (non-hydrogen) atoms. The van der Waals surface area contributed by atoms with Crippen LogP contribution in [0.5, 0.6) is 5.75 Å². The van der Waals surface area contributed by atoms with Gasteiger partial charge in [0.1, 0.15) is 18.4 Å². The van der Waals surface area contributed by atoms with E-state index in [0.717, 1.165) is 16.3 Å². The Kier molecular flexibility index (Phi) is 8.19. The van der Waals surface area contributed by atoms with Crippen molar-refractivity contribution in [2.24, 2.45) is 5.92 Å². The molecule has 1 heterocycles. The number of esters is 1. The number of carbonyl (C=O) groups excluding carboxylic acids is 2. The summed E-state index contributed by atoms with van der Waals surface area (Å²) in [6.45, 7) is 6.27. The summed E-state index contributed by atoms with van der Waals surface area (Å²) in [6.07, 6.45) is 3.57. The van der Waals surface area contributed by atoms with Crippen LogP contribution in [0, 0.1) is 12.8 Å². The van der Waals surface area contributed by atoms with E-state index in [1.54, 1.807) is 17.4 Å². The predicted octanol–water partition coefficient (Wildman–Crippen LogP) is 3.75. The molecule has 2 rings (SSSR count). The average molecular weight is 403 g/mol. The zero-order valence-corrected chi connectivity index (χ0v) is 17.4. The van der Waals surface area contributed by atoms with Crippen molar-refractivity contribution >= 4 is 29.3 Å². The fourth-order valence-corrected chi connectivity index (χ4v) is 3.19. The van der Waals surface area contributed by atoms with Crippen LogP contribution in [0.4, 0.5) is 0 Å². The van der Waals surface area contributed by atoms with Crippen molar-refractivity contribution in [1.29, 1.82) is 0 Å². The molecule has 0 bridgehead atoms. The maximum absolute atomic E-state index is 12.3. The highest BCUT2D eigenvalue weighted by Crippen LogP contribution is 2.21. The number of carbonyl (C=O) groups is 2. The summed E-state index contributed by atoms with van der Waals surface area (Å²) in [5, 5.41) is 5.65. The van der Waals surface area contributed by atoms with E-state index in [-0.39, 0.29) is 11.8 Å². The lowest BCUT2D eigenvalue weighted by Crippen LogP contribution is -2.41. The molecule has 0 radical (unpaired) electrons. The Morgan fingerprint density at radius 1 is 1.29 bits per heavy atom. The molecule has 1 amide bonds. The summed E-state index contributed by atoms with van der Waals surface area (Å²) in [4.78, 5) is 28.5. The quantitative estimate of drug-likeness (QED) is 0.511. The fourth-order valence-electron chi connectivity index (χ4n) is 2.59. The number of thiazole rings is 1. The smallest absolute Gasteiger partial charge is 0.328 e. The molecule has 0 saturated heterocycles. The SMILES string of the molecule is COC(=O)C(CC(C)C)NC(=O)/C=C/c1ccccc1OCc1csc(C)n1. The van der Waals surface area contributed by atoms with Crippen LogP contribution in [0.2, 0.25) is 0 Å². The van der Waals surface area contributed by atoms with Crippen molar-refractivity contribution < 1.29 is 19.1 Å². The lowest BCUT2D eigenvalue weighted by Gasteiger charge is -2.17. The minimum absolute atomic E-state index is 0.247. The largest absolute Gasteiger partial charge is 0.487 e. The van der Waals surface area contributed by atoms with E-state index < -0.39 is 12.0 Å². The van der Waals surface area contributed by atoms with Gasteiger partial charge in [0.15, 0.2) is 0 Å². The Morgan fingerprint density at radius 2 is 2.04 bits per heavy atom. The molecule has 0 spiro atoms. The Bertz CT molecular complexity index is 829. The molecule has 1 unspecified atom stereocenters. The second kappa shape index (κ2) is 10.6. The summed E-state index contributed by atoms with van der Waals surface area (Å²) in [5.74, 6) is 0.0967. The molecule has 0 aliphatic carbocycles. The molecule has 0 aliphatic heterocycles. The van der Waals surface area contributed by atoms with Crippen LogP contribution >= 0.6 is 11.3 Å². The van der Waals surface area contributed by atoms with Crippen molar-refractivity contribution in [3.63, 3.8) is 0 Å². The Balaban J connectivity index is 2.02. The van der Waals surface area contributed by atoms with Crippen molar-refractivity contribution in [2.45, 2.75) is 39.8 Å². The van der Waals surface area contributed by atoms with Crippen molar-refractivity contribution in [1.82, 2.24) is 10.3 Å². The number of nitrogens with one attached hydrogen (secondary N) is 1. The third-order valence-corrected chi connectivity index (χ3v) is 4.71. The summed E-state index contributed by atoms with van der Waals surface area (Å²) >= 11 is 1.58. The second-order valence-corrected chi connectivity index (χ2v) is 7.79. The van der Waals surface area contributed by atoms with Gasteiger partial charge in [-0.3, -0.25) is 4.79 Å². The zero-order valence-electron chi connectivity index (χ0n) is 16.6. The molecule has 150 valence electrons. The van der Waals surface area contributed by atoms with Crippen molar-refractivity contribution in [2.75, 3.05) is 7.11 Å². The Hall–Kier alpha value is -2.67. The van der Waals surface area contributed by atoms with Crippen LogP contribution in [-0.4, -0.2) is 30.0 Å².